The van der Waals surface area contributed by atoms with Gasteiger partial charge in [0.25, 0.3) is 11.8 Å². The number of aryl methyl sites for hydroxylation is 1. The summed E-state index contributed by atoms with van der Waals surface area (Å²) >= 11 is 0. The third-order valence-corrected chi connectivity index (χ3v) is 6.24. The Balaban J connectivity index is 1.31. The van der Waals surface area contributed by atoms with E-state index in [1.54, 1.807) is 37.3 Å². The molecule has 0 spiro atoms. The number of tetrazole rings is 1. The van der Waals surface area contributed by atoms with E-state index in [2.05, 4.69) is 46.5 Å². The number of carbonyl (C=O) groups is 3. The molecule has 4 aromatic rings. The summed E-state index contributed by atoms with van der Waals surface area (Å²) in [6.07, 6.45) is 1.13. The van der Waals surface area contributed by atoms with E-state index in [9.17, 15) is 18.8 Å². The predicted molar refractivity (Wildman–Crippen MR) is 136 cm³/mol. The first-order valence-electron chi connectivity index (χ1n) is 11.9. The van der Waals surface area contributed by atoms with Crippen LogP contribution in [-0.4, -0.2) is 62.0 Å². The summed E-state index contributed by atoms with van der Waals surface area (Å²) in [6, 6.07) is 10.2. The second-order valence-corrected chi connectivity index (χ2v) is 8.76. The van der Waals surface area contributed by atoms with Crippen LogP contribution in [0.1, 0.15) is 43.7 Å². The van der Waals surface area contributed by atoms with Crippen LogP contribution in [0.4, 0.5) is 14.9 Å². The first kappa shape index (κ1) is 25.4. The number of hydrogen-bond donors (Lipinski definition) is 4. The Labute approximate surface area is 221 Å². The van der Waals surface area contributed by atoms with Crippen molar-refractivity contribution in [2.24, 2.45) is 0 Å². The van der Waals surface area contributed by atoms with Crippen molar-refractivity contribution in [2.75, 3.05) is 18.5 Å². The normalized spacial score (nSPS) is 14.0. The first-order valence-corrected chi connectivity index (χ1v) is 11.9. The van der Waals surface area contributed by atoms with Crippen molar-refractivity contribution in [3.8, 4) is 11.4 Å². The summed E-state index contributed by atoms with van der Waals surface area (Å²) in [7, 11) is 1.52. The number of nitrogens with one attached hydrogen (secondary N) is 4. The molecule has 2 aromatic carbocycles. The molecule has 39 heavy (non-hydrogen) atoms. The number of carbonyl (C=O) groups excluding carboxylic acids is 3. The molecule has 0 radical (unpaired) electrons. The highest BCUT2D eigenvalue weighted by atomic mass is 19.1. The van der Waals surface area contributed by atoms with Crippen molar-refractivity contribution in [2.45, 2.75) is 19.5 Å². The largest absolute Gasteiger partial charge is 0.347 e. The molecular formula is C25H23FN10O3. The van der Waals surface area contributed by atoms with E-state index in [4.69, 9.17) is 0 Å². The Morgan fingerprint density at radius 3 is 2.59 bits per heavy atom. The summed E-state index contributed by atoms with van der Waals surface area (Å²) in [5, 5.41) is 22.1. The van der Waals surface area contributed by atoms with Crippen molar-refractivity contribution >= 4 is 23.5 Å². The van der Waals surface area contributed by atoms with Gasteiger partial charge in [0.05, 0.1) is 18.3 Å². The molecule has 5 rings (SSSR count). The van der Waals surface area contributed by atoms with E-state index in [1.165, 1.54) is 24.1 Å². The van der Waals surface area contributed by atoms with Crippen LogP contribution >= 0.6 is 0 Å². The van der Waals surface area contributed by atoms with Crippen LogP contribution in [0.25, 0.3) is 11.4 Å². The van der Waals surface area contributed by atoms with Gasteiger partial charge in [0.1, 0.15) is 23.5 Å². The van der Waals surface area contributed by atoms with Gasteiger partial charge in [-0.2, -0.15) is 5.21 Å². The summed E-state index contributed by atoms with van der Waals surface area (Å²) in [5.74, 6) is -1.02. The lowest BCUT2D eigenvalue weighted by Crippen LogP contribution is -2.40. The van der Waals surface area contributed by atoms with Gasteiger partial charge in [0, 0.05) is 30.8 Å². The van der Waals surface area contributed by atoms with Crippen molar-refractivity contribution in [3.05, 3.63) is 82.7 Å². The molecule has 4 N–H and O–H groups in total. The Kier molecular flexibility index (Phi) is 6.91. The minimum absolute atomic E-state index is 0.00227. The molecule has 198 valence electrons. The summed E-state index contributed by atoms with van der Waals surface area (Å²) in [5.41, 5.74) is 3.11. The summed E-state index contributed by atoms with van der Waals surface area (Å²) < 4.78 is 13.5. The fourth-order valence-corrected chi connectivity index (χ4v) is 4.25. The minimum Gasteiger partial charge on any atom is -0.347 e. The van der Waals surface area contributed by atoms with Crippen molar-refractivity contribution in [1.29, 1.82) is 0 Å². The molecule has 14 heteroatoms. The van der Waals surface area contributed by atoms with Gasteiger partial charge in [-0.25, -0.2) is 19.2 Å². The fourth-order valence-electron chi connectivity index (χ4n) is 4.25. The number of halogens is 1. The number of anilines is 1. The van der Waals surface area contributed by atoms with E-state index in [0.717, 1.165) is 11.9 Å². The number of urea groups is 1. The highest BCUT2D eigenvalue weighted by molar-refractivity contribution is 5.99. The van der Waals surface area contributed by atoms with E-state index >= 15 is 0 Å². The van der Waals surface area contributed by atoms with Gasteiger partial charge in [-0.05, 0) is 35.4 Å². The molecule has 0 saturated carbocycles. The second kappa shape index (κ2) is 10.6. The fraction of sp³-hybridized carbons (Fsp3) is 0.200. The zero-order valence-corrected chi connectivity index (χ0v) is 20.9. The lowest BCUT2D eigenvalue weighted by Gasteiger charge is -2.17. The maximum Gasteiger partial charge on any atom is 0.321 e. The standard InChI is InChI=1S/C25H23FN10O3/c1-13-7-14(3-6-17(13)26)10-28-23(37)18-9-19(30-12-29-18)24(38)31-20-11-36(25(39)27-2)21-8-15(4-5-16(20)21)22-32-34-35-33-22/h3-9,12,20H,10-11H2,1-2H3,(H,27,39)(H,28,37)(H,31,38)(H,32,33,34,35). The van der Waals surface area contributed by atoms with E-state index in [1.807, 2.05) is 0 Å². The number of aromatic nitrogens is 6. The number of aromatic amines is 1. The Morgan fingerprint density at radius 2 is 1.87 bits per heavy atom. The highest BCUT2D eigenvalue weighted by Crippen LogP contribution is 2.37. The molecule has 1 aliphatic heterocycles. The van der Waals surface area contributed by atoms with Crippen molar-refractivity contribution < 1.29 is 18.8 Å². The van der Waals surface area contributed by atoms with Crippen LogP contribution in [0, 0.1) is 12.7 Å². The van der Waals surface area contributed by atoms with Crippen LogP contribution in [-0.2, 0) is 6.54 Å². The predicted octanol–water partition coefficient (Wildman–Crippen LogP) is 1.66. The maximum atomic E-state index is 13.5. The summed E-state index contributed by atoms with van der Waals surface area (Å²) in [6.45, 7) is 1.97. The number of hydrogen-bond acceptors (Lipinski definition) is 8. The van der Waals surface area contributed by atoms with Gasteiger partial charge < -0.3 is 16.0 Å². The molecule has 1 atom stereocenters. The zero-order chi connectivity index (χ0) is 27.5. The molecule has 1 aliphatic rings. The van der Waals surface area contributed by atoms with Crippen LogP contribution in [0.15, 0.2) is 48.8 Å². The molecule has 0 bridgehead atoms. The van der Waals surface area contributed by atoms with E-state index in [-0.39, 0.29) is 36.3 Å². The van der Waals surface area contributed by atoms with Gasteiger partial charge in [-0.1, -0.05) is 24.3 Å². The quantitative estimate of drug-likeness (QED) is 0.292. The Hall–Kier alpha value is -5.27. The Bertz CT molecular complexity index is 1560. The lowest BCUT2D eigenvalue weighted by molar-refractivity contribution is 0.0933. The topological polar surface area (TPSA) is 171 Å². The van der Waals surface area contributed by atoms with Gasteiger partial charge in [0.15, 0.2) is 0 Å². The number of H-pyrrole nitrogens is 1. The molecule has 2 aromatic heterocycles. The third kappa shape index (κ3) is 5.25. The number of amides is 4. The monoisotopic (exact) mass is 530 g/mol. The van der Waals surface area contributed by atoms with Crippen molar-refractivity contribution in [3.63, 3.8) is 0 Å². The molecule has 0 fully saturated rings. The smallest absolute Gasteiger partial charge is 0.321 e. The highest BCUT2D eigenvalue weighted by Gasteiger charge is 2.34. The molecular weight excluding hydrogens is 507 g/mol. The second-order valence-electron chi connectivity index (χ2n) is 8.76. The van der Waals surface area contributed by atoms with Crippen LogP contribution in [0.3, 0.4) is 0 Å². The molecule has 0 aliphatic carbocycles. The van der Waals surface area contributed by atoms with Gasteiger partial charge >= 0.3 is 6.03 Å². The third-order valence-electron chi connectivity index (χ3n) is 6.24. The van der Waals surface area contributed by atoms with E-state index < -0.39 is 17.9 Å². The zero-order valence-electron chi connectivity index (χ0n) is 20.9. The molecule has 1 unspecified atom stereocenters. The number of fused-ring (bicyclic) bond motifs is 1. The lowest BCUT2D eigenvalue weighted by atomic mass is 10.1. The molecule has 0 saturated heterocycles. The van der Waals surface area contributed by atoms with Gasteiger partial charge in [-0.3, -0.25) is 14.5 Å². The van der Waals surface area contributed by atoms with Crippen LogP contribution in [0.2, 0.25) is 0 Å². The SMILES string of the molecule is CNC(=O)N1CC(NC(=O)c2cc(C(=O)NCc3ccc(F)c(C)c3)ncn2)c2ccc(-c3nn[nH]n3)cc21. The van der Waals surface area contributed by atoms with E-state index in [0.29, 0.717) is 28.2 Å². The molecule has 13 nitrogen and oxygen atoms in total. The van der Waals surface area contributed by atoms with Gasteiger partial charge in [0.2, 0.25) is 5.82 Å². The Morgan fingerprint density at radius 1 is 1.08 bits per heavy atom. The average Bonchev–Trinajstić information content (AvgIpc) is 3.62. The van der Waals surface area contributed by atoms with Crippen molar-refractivity contribution in [1.82, 2.24) is 46.5 Å². The minimum atomic E-state index is -0.544. The molecule has 4 amide bonds. The number of nitrogens with zero attached hydrogens (tertiary/aromatic N) is 6. The summed E-state index contributed by atoms with van der Waals surface area (Å²) in [4.78, 5) is 47.8. The molecule has 3 heterocycles. The van der Waals surface area contributed by atoms with Crippen LogP contribution in [0.5, 0.6) is 0 Å². The van der Waals surface area contributed by atoms with Gasteiger partial charge in [-0.15, -0.1) is 10.2 Å². The number of rotatable bonds is 6. The van der Waals surface area contributed by atoms with Crippen LogP contribution < -0.4 is 20.9 Å². The maximum absolute atomic E-state index is 13.5. The number of benzene rings is 2. The first-order chi connectivity index (χ1) is 18.8. The average molecular weight is 531 g/mol.